The van der Waals surface area contributed by atoms with Crippen molar-refractivity contribution in [1.82, 2.24) is 20.3 Å². The van der Waals surface area contributed by atoms with Gasteiger partial charge in [0.25, 0.3) is 0 Å². The first-order chi connectivity index (χ1) is 12.0. The van der Waals surface area contributed by atoms with Gasteiger partial charge in [-0.05, 0) is 39.0 Å². The highest BCUT2D eigenvalue weighted by molar-refractivity contribution is 5.82. The number of carbonyl (C=O) groups is 1. The molecule has 7 nitrogen and oxygen atoms in total. The van der Waals surface area contributed by atoms with Crippen molar-refractivity contribution in [1.29, 1.82) is 0 Å². The molecular formula is C18H28N4O3. The van der Waals surface area contributed by atoms with Gasteiger partial charge in [0.15, 0.2) is 0 Å². The molecule has 2 atom stereocenters. The van der Waals surface area contributed by atoms with Gasteiger partial charge in [-0.1, -0.05) is 5.16 Å². The zero-order valence-corrected chi connectivity index (χ0v) is 15.1. The second kappa shape index (κ2) is 6.70. The fourth-order valence-corrected chi connectivity index (χ4v) is 4.02. The Kier molecular flexibility index (Phi) is 4.56. The summed E-state index contributed by atoms with van der Waals surface area (Å²) in [5.74, 6) is 1.65. The average Bonchev–Trinajstić information content (AvgIpc) is 3.22. The Hall–Kier alpha value is -1.44. The van der Waals surface area contributed by atoms with Crippen LogP contribution in [0.25, 0.3) is 0 Å². The molecule has 1 aromatic heterocycles. The van der Waals surface area contributed by atoms with Gasteiger partial charge in [0, 0.05) is 44.3 Å². The minimum absolute atomic E-state index is 0.0904. The van der Waals surface area contributed by atoms with Crippen molar-refractivity contribution in [2.75, 3.05) is 26.2 Å². The van der Waals surface area contributed by atoms with E-state index < -0.39 is 6.10 Å². The van der Waals surface area contributed by atoms with Crippen LogP contribution in [0.3, 0.4) is 0 Å². The maximum atomic E-state index is 12.5. The summed E-state index contributed by atoms with van der Waals surface area (Å²) in [4.78, 5) is 17.1. The Labute approximate surface area is 148 Å². The largest absolute Gasteiger partial charge is 0.392 e. The number of aryl methyl sites for hydroxylation is 2. The topological polar surface area (TPSA) is 81.8 Å². The molecule has 0 bridgehead atoms. The molecule has 0 aromatic carbocycles. The molecule has 25 heavy (non-hydrogen) atoms. The number of hydrogen-bond donors (Lipinski definition) is 2. The minimum atomic E-state index is -0.395. The Balaban J connectivity index is 1.31. The first-order valence-corrected chi connectivity index (χ1v) is 9.37. The number of aliphatic hydroxyl groups excluding tert-OH is 1. The van der Waals surface area contributed by atoms with E-state index in [1.165, 1.54) is 18.4 Å². The first-order valence-electron chi connectivity index (χ1n) is 9.37. The second-order valence-electron chi connectivity index (χ2n) is 7.94. The van der Waals surface area contributed by atoms with E-state index in [0.29, 0.717) is 24.9 Å². The van der Waals surface area contributed by atoms with Gasteiger partial charge in [0.1, 0.15) is 5.76 Å². The lowest BCUT2D eigenvalue weighted by atomic mass is 10.0. The molecule has 0 radical (unpaired) electrons. The molecule has 1 amide bonds. The van der Waals surface area contributed by atoms with Crippen molar-refractivity contribution in [3.8, 4) is 0 Å². The Morgan fingerprint density at radius 3 is 2.72 bits per heavy atom. The molecule has 1 aromatic rings. The molecule has 0 spiro atoms. The number of aromatic nitrogens is 1. The summed E-state index contributed by atoms with van der Waals surface area (Å²) < 4.78 is 5.23. The van der Waals surface area contributed by atoms with Crippen LogP contribution in [0.1, 0.15) is 36.3 Å². The third-order valence-corrected chi connectivity index (χ3v) is 5.85. The summed E-state index contributed by atoms with van der Waals surface area (Å²) in [7, 11) is 0. The normalized spacial score (nSPS) is 28.3. The quantitative estimate of drug-likeness (QED) is 0.776. The van der Waals surface area contributed by atoms with Crippen molar-refractivity contribution >= 4 is 5.91 Å². The summed E-state index contributed by atoms with van der Waals surface area (Å²) >= 11 is 0. The number of hydrogen-bond acceptors (Lipinski definition) is 6. The second-order valence-corrected chi connectivity index (χ2v) is 7.94. The molecule has 4 rings (SSSR count). The zero-order chi connectivity index (χ0) is 17.6. The van der Waals surface area contributed by atoms with Crippen molar-refractivity contribution < 1.29 is 14.4 Å². The highest BCUT2D eigenvalue weighted by Crippen LogP contribution is 2.29. The highest BCUT2D eigenvalue weighted by Gasteiger charge is 2.44. The maximum Gasteiger partial charge on any atom is 0.237 e. The Morgan fingerprint density at radius 2 is 2.08 bits per heavy atom. The molecule has 0 unspecified atom stereocenters. The van der Waals surface area contributed by atoms with E-state index >= 15 is 0 Å². The summed E-state index contributed by atoms with van der Waals surface area (Å²) in [6.07, 6.45) is 2.62. The average molecular weight is 348 g/mol. The zero-order valence-electron chi connectivity index (χ0n) is 15.1. The lowest BCUT2D eigenvalue weighted by Gasteiger charge is -2.45. The van der Waals surface area contributed by atoms with E-state index in [-0.39, 0.29) is 11.9 Å². The van der Waals surface area contributed by atoms with Gasteiger partial charge in [-0.3, -0.25) is 14.6 Å². The number of rotatable bonds is 6. The van der Waals surface area contributed by atoms with E-state index in [9.17, 15) is 9.90 Å². The first kappa shape index (κ1) is 17.0. The van der Waals surface area contributed by atoms with Crippen LogP contribution in [0, 0.1) is 19.8 Å². The third-order valence-electron chi connectivity index (χ3n) is 5.85. The molecular weight excluding hydrogens is 320 g/mol. The van der Waals surface area contributed by atoms with Crippen molar-refractivity contribution in [3.63, 3.8) is 0 Å². The number of carbonyl (C=O) groups excluding carboxylic acids is 1. The lowest BCUT2D eigenvalue weighted by molar-refractivity contribution is -0.127. The molecule has 2 aliphatic heterocycles. The van der Waals surface area contributed by atoms with Crippen LogP contribution < -0.4 is 5.32 Å². The maximum absolute atomic E-state index is 12.5. The molecule has 3 aliphatic rings. The van der Waals surface area contributed by atoms with E-state index in [1.807, 2.05) is 13.8 Å². The van der Waals surface area contributed by atoms with Crippen LogP contribution in [0.15, 0.2) is 4.52 Å². The van der Waals surface area contributed by atoms with E-state index in [0.717, 1.165) is 37.6 Å². The number of nitrogens with zero attached hydrogens (tertiary/aromatic N) is 3. The summed E-state index contributed by atoms with van der Waals surface area (Å²) in [6.45, 7) is 8.00. The lowest BCUT2D eigenvalue weighted by Crippen LogP contribution is -2.62. The van der Waals surface area contributed by atoms with Crippen LogP contribution >= 0.6 is 0 Å². The van der Waals surface area contributed by atoms with Crippen LogP contribution in [-0.2, 0) is 11.3 Å². The van der Waals surface area contributed by atoms with Gasteiger partial charge in [-0.15, -0.1) is 0 Å². The summed E-state index contributed by atoms with van der Waals surface area (Å²) in [5, 5.41) is 17.2. The number of aliphatic hydroxyl groups is 1. The summed E-state index contributed by atoms with van der Waals surface area (Å²) in [6, 6.07) is 0.161. The fourth-order valence-electron chi connectivity index (χ4n) is 4.02. The van der Waals surface area contributed by atoms with Crippen LogP contribution in [0.5, 0.6) is 0 Å². The Morgan fingerprint density at radius 1 is 1.32 bits per heavy atom. The highest BCUT2D eigenvalue weighted by atomic mass is 16.5. The van der Waals surface area contributed by atoms with Crippen LogP contribution in [0.4, 0.5) is 0 Å². The van der Waals surface area contributed by atoms with Gasteiger partial charge in [-0.2, -0.15) is 0 Å². The molecule has 1 saturated carbocycles. The molecule has 3 heterocycles. The minimum Gasteiger partial charge on any atom is -0.392 e. The monoisotopic (exact) mass is 348 g/mol. The Bertz CT molecular complexity index is 617. The van der Waals surface area contributed by atoms with Crippen LogP contribution in [-0.4, -0.2) is 70.3 Å². The fraction of sp³-hybridized carbons (Fsp3) is 0.778. The molecule has 7 heteroatoms. The van der Waals surface area contributed by atoms with E-state index in [2.05, 4.69) is 20.3 Å². The predicted octanol–water partition coefficient (Wildman–Crippen LogP) is 0.437. The summed E-state index contributed by atoms with van der Waals surface area (Å²) in [5.41, 5.74) is 2.12. The van der Waals surface area contributed by atoms with Gasteiger partial charge in [-0.25, -0.2) is 0 Å². The predicted molar refractivity (Wildman–Crippen MR) is 91.9 cm³/mol. The third kappa shape index (κ3) is 3.59. The van der Waals surface area contributed by atoms with E-state index in [1.54, 1.807) is 0 Å². The van der Waals surface area contributed by atoms with Gasteiger partial charge < -0.3 is 14.9 Å². The number of β-amino-alcohol motifs (C(OH)–C–C–N with tert-alkyl or cyclic N) is 1. The smallest absolute Gasteiger partial charge is 0.237 e. The van der Waals surface area contributed by atoms with Gasteiger partial charge in [0.05, 0.1) is 17.8 Å². The molecule has 2 saturated heterocycles. The standard InChI is InChI=1S/C18H28N4O3/c1-11-16(12(2)25-20-11)10-21-7-14(8-21)22-9-15(23)5-17(22)18(24)19-6-13-3-4-13/h13-15,17,23H,3-10H2,1-2H3,(H,19,24)/t15-,17+/m1/s1. The van der Waals surface area contributed by atoms with Crippen molar-refractivity contribution in [2.45, 2.75) is 57.8 Å². The van der Waals surface area contributed by atoms with Gasteiger partial charge >= 0.3 is 0 Å². The van der Waals surface area contributed by atoms with Crippen molar-refractivity contribution in [3.05, 3.63) is 17.0 Å². The molecule has 1 aliphatic carbocycles. The molecule has 3 fully saturated rings. The van der Waals surface area contributed by atoms with Crippen LogP contribution in [0.2, 0.25) is 0 Å². The number of likely N-dealkylation sites (tertiary alicyclic amines) is 2. The van der Waals surface area contributed by atoms with E-state index in [4.69, 9.17) is 4.52 Å². The SMILES string of the molecule is Cc1noc(C)c1CN1CC(N2C[C@H](O)C[C@H]2C(=O)NCC2CC2)C1. The van der Waals surface area contributed by atoms with Gasteiger partial charge in [0.2, 0.25) is 5.91 Å². The molecule has 2 N–H and O–H groups in total. The number of nitrogens with one attached hydrogen (secondary N) is 1. The molecule has 138 valence electrons. The van der Waals surface area contributed by atoms with Crippen molar-refractivity contribution in [2.24, 2.45) is 5.92 Å². The number of amides is 1.